The minimum atomic E-state index is -2.15. The second kappa shape index (κ2) is 11.7. The molecule has 200 valence electrons. The van der Waals surface area contributed by atoms with Gasteiger partial charge in [0.1, 0.15) is 11.3 Å². The number of hydrogen-bond donors (Lipinski definition) is 0. The molecule has 3 aromatic carbocycles. The molecule has 1 saturated carbocycles. The van der Waals surface area contributed by atoms with E-state index in [1.807, 2.05) is 0 Å². The molecular weight excluding hydrogens is 575 g/mol. The number of benzene rings is 3. The molecule has 2 heterocycles. The second-order valence-electron chi connectivity index (χ2n) is 10.7. The van der Waals surface area contributed by atoms with Crippen LogP contribution in [0.4, 0.5) is 22.7 Å². The SMILES string of the molecule is C[Si](C)(C1[C@H]2C=CC=C[C@H]2C[C@H]1c1cc2ccccc2o1)N1c2ccccc2[N-]c2ccccc21.[CH3-].[Cl][Ti][Cl]. The van der Waals surface area contributed by atoms with E-state index in [2.05, 4.69) is 121 Å². The van der Waals surface area contributed by atoms with Gasteiger partial charge in [0, 0.05) is 22.7 Å². The Morgan fingerprint density at radius 2 is 1.46 bits per heavy atom. The van der Waals surface area contributed by atoms with Crippen LogP contribution in [-0.4, -0.2) is 8.24 Å². The number of para-hydroxylation sites is 5. The van der Waals surface area contributed by atoms with Crippen LogP contribution in [0.2, 0.25) is 18.6 Å². The molecule has 7 rings (SSSR count). The summed E-state index contributed by atoms with van der Waals surface area (Å²) in [7, 11) is 7.63. The number of halogens is 2. The number of anilines is 2. The maximum atomic E-state index is 6.55. The first-order chi connectivity index (χ1) is 18.5. The quantitative estimate of drug-likeness (QED) is 0.171. The zero-order valence-corrected chi connectivity index (χ0v) is 26.5. The Hall–Kier alpha value is -2.21. The van der Waals surface area contributed by atoms with E-state index in [1.165, 1.54) is 16.8 Å². The van der Waals surface area contributed by atoms with Gasteiger partial charge < -0.3 is 21.7 Å². The van der Waals surface area contributed by atoms with Crippen LogP contribution in [0.1, 0.15) is 18.1 Å². The Balaban J connectivity index is 0.000000739. The molecule has 0 spiro atoms. The predicted molar refractivity (Wildman–Crippen MR) is 166 cm³/mol. The summed E-state index contributed by atoms with van der Waals surface area (Å²) in [5.74, 6) is 2.59. The van der Waals surface area contributed by atoms with Crippen molar-refractivity contribution in [3.05, 3.63) is 122 Å². The first-order valence-electron chi connectivity index (χ1n) is 13.0. The van der Waals surface area contributed by atoms with E-state index in [0.29, 0.717) is 23.3 Å². The molecule has 4 atom stereocenters. The van der Waals surface area contributed by atoms with Gasteiger partial charge in [-0.1, -0.05) is 92.0 Å². The monoisotopic (exact) mass is 606 g/mol. The number of hydrogen-bond acceptors (Lipinski definition) is 2. The van der Waals surface area contributed by atoms with E-state index in [4.69, 9.17) is 28.3 Å². The molecule has 1 fully saturated rings. The van der Waals surface area contributed by atoms with Crippen molar-refractivity contribution in [2.75, 3.05) is 4.57 Å². The van der Waals surface area contributed by atoms with E-state index in [1.54, 1.807) is 0 Å². The molecule has 2 aliphatic carbocycles. The zero-order chi connectivity index (χ0) is 26.3. The summed E-state index contributed by atoms with van der Waals surface area (Å²) in [5, 5.41) is 6.23. The van der Waals surface area contributed by atoms with Crippen molar-refractivity contribution in [1.29, 1.82) is 0 Å². The third-order valence-electron chi connectivity index (χ3n) is 8.36. The van der Waals surface area contributed by atoms with E-state index >= 15 is 0 Å². The van der Waals surface area contributed by atoms with E-state index in [-0.39, 0.29) is 7.43 Å². The van der Waals surface area contributed by atoms with Crippen LogP contribution in [0.5, 0.6) is 0 Å². The van der Waals surface area contributed by atoms with Crippen LogP contribution in [-0.2, 0) is 17.0 Å². The van der Waals surface area contributed by atoms with Crippen LogP contribution in [0, 0.1) is 19.3 Å². The molecule has 1 aromatic heterocycles. The topological polar surface area (TPSA) is 30.5 Å². The Bertz CT molecular complexity index is 1440. The standard InChI is InChI=1S/C31H29N2OSi.CH3.2ClH.Ti/c1-35(2,33-27-16-8-6-14-25(27)32-26-15-7-9-17-28(26)33)31-23-13-5-3-11-21(23)19-24(31)30-20-22-12-4-10-18-29(22)34-30;;;;/h3-18,20-21,23-24,31H,19H2,1-2H3;1H3;2*1H;/q2*-1;;;+2/p-2/t21-,23-,24-,31?;;;;/m0..../s1. The third kappa shape index (κ3) is 5.07. The zero-order valence-electron chi connectivity index (χ0n) is 22.4. The van der Waals surface area contributed by atoms with Crippen molar-refractivity contribution < 1.29 is 21.4 Å². The molecule has 7 heteroatoms. The van der Waals surface area contributed by atoms with Gasteiger partial charge in [0.15, 0.2) is 8.24 Å². The number of rotatable bonds is 3. The van der Waals surface area contributed by atoms with Gasteiger partial charge in [0.2, 0.25) is 0 Å². The van der Waals surface area contributed by atoms with Gasteiger partial charge in [-0.2, -0.15) is 0 Å². The van der Waals surface area contributed by atoms with Crippen molar-refractivity contribution in [2.24, 2.45) is 11.8 Å². The predicted octanol–water partition coefficient (Wildman–Crippen LogP) is 11.2. The maximum absolute atomic E-state index is 6.55. The van der Waals surface area contributed by atoms with Crippen LogP contribution in [0.15, 0.2) is 108 Å². The molecule has 0 bridgehead atoms. The van der Waals surface area contributed by atoms with Gasteiger partial charge in [-0.25, -0.2) is 0 Å². The molecule has 0 N–H and O–H groups in total. The molecular formula is C32H32Cl2N2OSiTi-2. The summed E-state index contributed by atoms with van der Waals surface area (Å²) in [6.45, 7) is 5.11. The van der Waals surface area contributed by atoms with Crippen LogP contribution >= 0.6 is 18.6 Å². The summed E-state index contributed by atoms with van der Waals surface area (Å²) >= 11 is -0.556. The molecule has 1 aliphatic heterocycles. The molecule has 0 saturated heterocycles. The summed E-state index contributed by atoms with van der Waals surface area (Å²) in [5.41, 5.74) is 6.11. The third-order valence-corrected chi connectivity index (χ3v) is 12.4. The molecule has 39 heavy (non-hydrogen) atoms. The summed E-state index contributed by atoms with van der Waals surface area (Å²) in [4.78, 5) is 0. The molecule has 4 aromatic rings. The molecule has 1 unspecified atom stereocenters. The van der Waals surface area contributed by atoms with Crippen molar-refractivity contribution in [1.82, 2.24) is 0 Å². The van der Waals surface area contributed by atoms with E-state index in [9.17, 15) is 0 Å². The fraction of sp³-hybridized carbons (Fsp3) is 0.219. The average Bonchev–Trinajstić information content (AvgIpc) is 3.54. The van der Waals surface area contributed by atoms with Crippen LogP contribution < -0.4 is 4.57 Å². The number of nitrogens with zero attached hydrogens (tertiary/aromatic N) is 2. The van der Waals surface area contributed by atoms with Crippen LogP contribution in [0.25, 0.3) is 16.3 Å². The second-order valence-corrected chi connectivity index (χ2v) is 17.7. The Morgan fingerprint density at radius 1 is 0.872 bits per heavy atom. The van der Waals surface area contributed by atoms with Crippen molar-refractivity contribution in [3.63, 3.8) is 0 Å². The number of fused-ring (bicyclic) bond motifs is 4. The van der Waals surface area contributed by atoms with Crippen molar-refractivity contribution in [3.8, 4) is 0 Å². The minimum absolute atomic E-state index is 0. The summed E-state index contributed by atoms with van der Waals surface area (Å²) in [6, 6.07) is 28.0. The summed E-state index contributed by atoms with van der Waals surface area (Å²) < 4.78 is 9.24. The van der Waals surface area contributed by atoms with Crippen molar-refractivity contribution >= 4 is 60.6 Å². The average molecular weight is 607 g/mol. The molecule has 3 aliphatic rings. The Labute approximate surface area is 249 Å². The van der Waals surface area contributed by atoms with Crippen LogP contribution in [0.3, 0.4) is 0 Å². The fourth-order valence-corrected chi connectivity index (χ4v) is 11.5. The van der Waals surface area contributed by atoms with Gasteiger partial charge in [0.25, 0.3) is 0 Å². The van der Waals surface area contributed by atoms with Crippen molar-refractivity contribution in [2.45, 2.75) is 31.0 Å². The molecule has 0 amide bonds. The molecule has 3 nitrogen and oxygen atoms in total. The first-order valence-corrected chi connectivity index (χ1v) is 20.3. The Morgan fingerprint density at radius 3 is 2.13 bits per heavy atom. The number of allylic oxidation sites excluding steroid dienone is 4. The van der Waals surface area contributed by atoms with Gasteiger partial charge in [-0.3, -0.25) is 0 Å². The van der Waals surface area contributed by atoms with E-state index in [0.717, 1.165) is 29.1 Å². The van der Waals surface area contributed by atoms with Gasteiger partial charge in [-0.15, -0.1) is 11.4 Å². The normalized spacial score (nSPS) is 22.5. The number of furan rings is 1. The fourth-order valence-electron chi connectivity index (χ4n) is 6.97. The van der Waals surface area contributed by atoms with Gasteiger partial charge in [0.05, 0.1) is 0 Å². The van der Waals surface area contributed by atoms with Gasteiger partial charge >= 0.3 is 35.6 Å². The Kier molecular flexibility index (Phi) is 8.51. The van der Waals surface area contributed by atoms with Gasteiger partial charge in [-0.05, 0) is 48.1 Å². The first kappa shape index (κ1) is 28.3. The van der Waals surface area contributed by atoms with E-state index < -0.39 is 25.3 Å². The molecule has 0 radical (unpaired) electrons. The summed E-state index contributed by atoms with van der Waals surface area (Å²) in [6.07, 6.45) is 10.5.